The van der Waals surface area contributed by atoms with Crippen LogP contribution in [0.2, 0.25) is 0 Å². The molecule has 3 nitrogen and oxygen atoms in total. The van der Waals surface area contributed by atoms with E-state index in [1.807, 2.05) is 0 Å². The van der Waals surface area contributed by atoms with E-state index in [1.54, 1.807) is 0 Å². The molecule has 0 amide bonds. The van der Waals surface area contributed by atoms with Crippen molar-refractivity contribution in [2.24, 2.45) is 11.3 Å². The highest BCUT2D eigenvalue weighted by atomic mass is 32.2. The van der Waals surface area contributed by atoms with Crippen molar-refractivity contribution in [1.82, 2.24) is 5.32 Å². The first-order valence-electron chi connectivity index (χ1n) is 7.85. The van der Waals surface area contributed by atoms with Crippen molar-refractivity contribution in [2.45, 2.75) is 64.8 Å². The lowest BCUT2D eigenvalue weighted by molar-refractivity contribution is 0.215. The molecule has 0 bridgehead atoms. The molecule has 0 aromatic rings. The van der Waals surface area contributed by atoms with Crippen LogP contribution in [0.15, 0.2) is 0 Å². The quantitative estimate of drug-likeness (QED) is 0.846. The third kappa shape index (κ3) is 4.45. The maximum Gasteiger partial charge on any atom is 0.151 e. The van der Waals surface area contributed by atoms with Gasteiger partial charge in [-0.25, -0.2) is 8.42 Å². The third-order valence-electron chi connectivity index (χ3n) is 4.73. The topological polar surface area (TPSA) is 46.2 Å². The van der Waals surface area contributed by atoms with Crippen LogP contribution >= 0.6 is 0 Å². The summed E-state index contributed by atoms with van der Waals surface area (Å²) in [7, 11) is -2.78. The van der Waals surface area contributed by atoms with Gasteiger partial charge in [0.2, 0.25) is 0 Å². The maximum absolute atomic E-state index is 11.7. The lowest BCUT2D eigenvalue weighted by Gasteiger charge is -2.34. The molecule has 1 atom stereocenters. The average Bonchev–Trinajstić information content (AvgIpc) is 2.73. The maximum atomic E-state index is 11.7. The summed E-state index contributed by atoms with van der Waals surface area (Å²) in [6, 6.07) is 0.198. The molecule has 1 saturated heterocycles. The Morgan fingerprint density at radius 2 is 1.89 bits per heavy atom. The van der Waals surface area contributed by atoms with Crippen LogP contribution in [-0.2, 0) is 9.84 Å². The Bertz CT molecular complexity index is 383. The van der Waals surface area contributed by atoms with Crippen LogP contribution < -0.4 is 5.32 Å². The summed E-state index contributed by atoms with van der Waals surface area (Å²) in [6.07, 6.45) is 8.46. The van der Waals surface area contributed by atoms with Gasteiger partial charge in [0.25, 0.3) is 0 Å². The van der Waals surface area contributed by atoms with Crippen LogP contribution in [0.3, 0.4) is 0 Å². The van der Waals surface area contributed by atoms with Gasteiger partial charge in [0.15, 0.2) is 9.84 Å². The molecule has 1 heterocycles. The molecule has 1 saturated carbocycles. The monoisotopic (exact) mass is 287 g/mol. The van der Waals surface area contributed by atoms with Gasteiger partial charge in [-0.05, 0) is 43.4 Å². The Hall–Kier alpha value is -0.0900. The fourth-order valence-corrected chi connectivity index (χ4v) is 5.66. The first-order valence-corrected chi connectivity index (χ1v) is 9.67. The summed E-state index contributed by atoms with van der Waals surface area (Å²) in [5.41, 5.74) is 0.440. The van der Waals surface area contributed by atoms with Gasteiger partial charge in [0, 0.05) is 12.6 Å². The molecule has 0 radical (unpaired) electrons. The van der Waals surface area contributed by atoms with Crippen LogP contribution in [-0.4, -0.2) is 32.5 Å². The van der Waals surface area contributed by atoms with E-state index >= 15 is 0 Å². The smallest absolute Gasteiger partial charge is 0.151 e. The zero-order valence-electron chi connectivity index (χ0n) is 12.5. The van der Waals surface area contributed by atoms with Crippen molar-refractivity contribution < 1.29 is 8.42 Å². The van der Waals surface area contributed by atoms with E-state index in [1.165, 1.54) is 32.1 Å². The van der Waals surface area contributed by atoms with E-state index in [-0.39, 0.29) is 6.04 Å². The van der Waals surface area contributed by atoms with Crippen molar-refractivity contribution in [3.63, 3.8) is 0 Å². The lowest BCUT2D eigenvalue weighted by atomic mass is 9.78. The Kier molecular flexibility index (Phi) is 4.93. The predicted molar refractivity (Wildman–Crippen MR) is 80.0 cm³/mol. The summed E-state index contributed by atoms with van der Waals surface area (Å²) in [4.78, 5) is 0. The molecule has 1 unspecified atom stereocenters. The number of hydrogen-bond donors (Lipinski definition) is 1. The first-order chi connectivity index (χ1) is 8.91. The van der Waals surface area contributed by atoms with E-state index in [9.17, 15) is 8.42 Å². The third-order valence-corrected chi connectivity index (χ3v) is 6.56. The number of rotatable bonds is 5. The molecule has 2 aliphatic rings. The molecule has 2 rings (SSSR count). The molecule has 19 heavy (non-hydrogen) atoms. The van der Waals surface area contributed by atoms with E-state index in [2.05, 4.69) is 19.2 Å². The molecule has 1 N–H and O–H groups in total. The molecule has 0 aromatic heterocycles. The Labute approximate surface area is 118 Å². The van der Waals surface area contributed by atoms with Crippen LogP contribution in [0.25, 0.3) is 0 Å². The molecule has 112 valence electrons. The van der Waals surface area contributed by atoms with Gasteiger partial charge < -0.3 is 5.32 Å². The standard InChI is InChI=1S/C15H29NO2S/c1-13(2)10-15(7-3-4-8-15)12-16-14-6-5-9-19(17,18)11-14/h13-14,16H,3-12H2,1-2H3. The van der Waals surface area contributed by atoms with E-state index in [0.717, 1.165) is 25.3 Å². The van der Waals surface area contributed by atoms with Gasteiger partial charge in [0.1, 0.15) is 0 Å². The molecular formula is C15H29NO2S. The summed E-state index contributed by atoms with van der Waals surface area (Å²) < 4.78 is 23.3. The minimum absolute atomic E-state index is 0.198. The Balaban J connectivity index is 1.88. The second-order valence-corrected chi connectivity index (χ2v) is 9.37. The largest absolute Gasteiger partial charge is 0.312 e. The normalized spacial score (nSPS) is 29.7. The Morgan fingerprint density at radius 1 is 1.21 bits per heavy atom. The van der Waals surface area contributed by atoms with Crippen LogP contribution in [0.4, 0.5) is 0 Å². The van der Waals surface area contributed by atoms with Gasteiger partial charge in [0.05, 0.1) is 11.5 Å². The van der Waals surface area contributed by atoms with Crippen molar-refractivity contribution in [1.29, 1.82) is 0 Å². The second-order valence-electron chi connectivity index (χ2n) is 7.14. The van der Waals surface area contributed by atoms with Gasteiger partial charge in [-0.1, -0.05) is 26.7 Å². The van der Waals surface area contributed by atoms with Gasteiger partial charge in [-0.15, -0.1) is 0 Å². The molecule has 1 aliphatic carbocycles. The molecule has 4 heteroatoms. The van der Waals surface area contributed by atoms with Gasteiger partial charge in [-0.3, -0.25) is 0 Å². The molecular weight excluding hydrogens is 258 g/mol. The van der Waals surface area contributed by atoms with Crippen molar-refractivity contribution in [3.8, 4) is 0 Å². The second kappa shape index (κ2) is 6.13. The number of sulfone groups is 1. The SMILES string of the molecule is CC(C)CC1(CNC2CCCS(=O)(=O)C2)CCCC1. The zero-order chi connectivity index (χ0) is 13.9. The molecule has 1 aliphatic heterocycles. The lowest BCUT2D eigenvalue weighted by Crippen LogP contribution is -2.45. The van der Waals surface area contributed by atoms with Gasteiger partial charge in [-0.2, -0.15) is 0 Å². The highest BCUT2D eigenvalue weighted by molar-refractivity contribution is 7.91. The van der Waals surface area contributed by atoms with E-state index in [0.29, 0.717) is 16.9 Å². The Morgan fingerprint density at radius 3 is 2.47 bits per heavy atom. The van der Waals surface area contributed by atoms with Gasteiger partial charge >= 0.3 is 0 Å². The summed E-state index contributed by atoms with van der Waals surface area (Å²) in [6.45, 7) is 5.61. The van der Waals surface area contributed by atoms with Crippen LogP contribution in [0.1, 0.15) is 58.8 Å². The average molecular weight is 287 g/mol. The number of hydrogen-bond acceptors (Lipinski definition) is 3. The van der Waals surface area contributed by atoms with Crippen molar-refractivity contribution in [3.05, 3.63) is 0 Å². The van der Waals surface area contributed by atoms with Crippen molar-refractivity contribution >= 4 is 9.84 Å². The van der Waals surface area contributed by atoms with Crippen LogP contribution in [0, 0.1) is 11.3 Å². The minimum atomic E-state index is -2.78. The fraction of sp³-hybridized carbons (Fsp3) is 1.00. The van der Waals surface area contributed by atoms with Crippen LogP contribution in [0.5, 0.6) is 0 Å². The summed E-state index contributed by atoms with van der Waals surface area (Å²) in [5, 5.41) is 3.59. The predicted octanol–water partition coefficient (Wildman–Crippen LogP) is 2.76. The summed E-state index contributed by atoms with van der Waals surface area (Å²) in [5.74, 6) is 1.47. The molecule has 0 aromatic carbocycles. The van der Waals surface area contributed by atoms with Crippen molar-refractivity contribution in [2.75, 3.05) is 18.1 Å². The number of nitrogens with one attached hydrogen (secondary N) is 1. The van der Waals surface area contributed by atoms with E-state index in [4.69, 9.17) is 0 Å². The molecule has 0 spiro atoms. The summed E-state index contributed by atoms with van der Waals surface area (Å²) >= 11 is 0. The minimum Gasteiger partial charge on any atom is -0.312 e. The molecule has 2 fully saturated rings. The highest BCUT2D eigenvalue weighted by Gasteiger charge is 2.35. The first kappa shape index (κ1) is 15.3. The van der Waals surface area contributed by atoms with E-state index < -0.39 is 9.84 Å². The zero-order valence-corrected chi connectivity index (χ0v) is 13.3. The fourth-order valence-electron chi connectivity index (χ4n) is 3.99. The highest BCUT2D eigenvalue weighted by Crippen LogP contribution is 2.42.